The van der Waals surface area contributed by atoms with E-state index in [-0.39, 0.29) is 6.04 Å². The lowest BCUT2D eigenvalue weighted by Gasteiger charge is -2.31. The highest BCUT2D eigenvalue weighted by molar-refractivity contribution is 9.10. The van der Waals surface area contributed by atoms with Crippen molar-refractivity contribution in [3.05, 3.63) is 22.2 Å². The molecule has 21 heavy (non-hydrogen) atoms. The summed E-state index contributed by atoms with van der Waals surface area (Å²) in [5.41, 5.74) is 7.10. The Labute approximate surface area is 135 Å². The second-order valence-electron chi connectivity index (χ2n) is 4.60. The van der Waals surface area contributed by atoms with Crippen LogP contribution in [0.4, 0.5) is 0 Å². The number of nitrogens with zero attached hydrogens (tertiary/aromatic N) is 1. The van der Waals surface area contributed by atoms with Gasteiger partial charge in [0.25, 0.3) is 0 Å². The molecule has 0 spiro atoms. The van der Waals surface area contributed by atoms with Crippen LogP contribution in [0.5, 0.6) is 11.5 Å². The summed E-state index contributed by atoms with van der Waals surface area (Å²) in [6.45, 7) is 5.04. The highest BCUT2D eigenvalue weighted by Crippen LogP contribution is 2.37. The highest BCUT2D eigenvalue weighted by Gasteiger charge is 2.22. The SMILES string of the molecule is CCN(CCOC)C(CN)c1cc(OC)c(OC)cc1Br. The molecule has 0 bridgehead atoms. The molecule has 0 saturated heterocycles. The minimum absolute atomic E-state index is 0.0966. The number of likely N-dealkylation sites (N-methyl/N-ethyl adjacent to an activating group) is 1. The zero-order valence-electron chi connectivity index (χ0n) is 13.2. The summed E-state index contributed by atoms with van der Waals surface area (Å²) < 4.78 is 16.9. The fraction of sp³-hybridized carbons (Fsp3) is 0.600. The average Bonchev–Trinajstić information content (AvgIpc) is 2.51. The van der Waals surface area contributed by atoms with Crippen molar-refractivity contribution in [2.75, 3.05) is 47.6 Å². The van der Waals surface area contributed by atoms with Gasteiger partial charge < -0.3 is 19.9 Å². The van der Waals surface area contributed by atoms with Gasteiger partial charge in [-0.15, -0.1) is 0 Å². The summed E-state index contributed by atoms with van der Waals surface area (Å²) in [5.74, 6) is 1.40. The fourth-order valence-corrected chi connectivity index (χ4v) is 2.93. The summed E-state index contributed by atoms with van der Waals surface area (Å²) in [5, 5.41) is 0. The van der Waals surface area contributed by atoms with E-state index in [9.17, 15) is 0 Å². The van der Waals surface area contributed by atoms with E-state index >= 15 is 0 Å². The average molecular weight is 361 g/mol. The fourth-order valence-electron chi connectivity index (χ4n) is 2.34. The first kappa shape index (κ1) is 18.2. The lowest BCUT2D eigenvalue weighted by atomic mass is 10.0. The van der Waals surface area contributed by atoms with Crippen molar-refractivity contribution in [3.63, 3.8) is 0 Å². The van der Waals surface area contributed by atoms with Crippen molar-refractivity contribution in [2.24, 2.45) is 5.73 Å². The van der Waals surface area contributed by atoms with E-state index in [0.29, 0.717) is 24.7 Å². The largest absolute Gasteiger partial charge is 0.493 e. The van der Waals surface area contributed by atoms with Gasteiger partial charge in [-0.05, 0) is 24.2 Å². The number of methoxy groups -OCH3 is 3. The van der Waals surface area contributed by atoms with Crippen molar-refractivity contribution in [2.45, 2.75) is 13.0 Å². The molecule has 1 aromatic rings. The molecule has 0 aliphatic heterocycles. The maximum atomic E-state index is 6.01. The predicted octanol–water partition coefficient (Wildman–Crippen LogP) is 2.43. The molecule has 1 rings (SSSR count). The topological polar surface area (TPSA) is 57.0 Å². The molecule has 1 unspecified atom stereocenters. The van der Waals surface area contributed by atoms with E-state index in [4.69, 9.17) is 19.9 Å². The normalized spacial score (nSPS) is 12.5. The molecule has 1 atom stereocenters. The van der Waals surface area contributed by atoms with Crippen LogP contribution in [0.3, 0.4) is 0 Å². The third-order valence-electron chi connectivity index (χ3n) is 3.51. The predicted molar refractivity (Wildman–Crippen MR) is 88.2 cm³/mol. The molecule has 1 aromatic carbocycles. The van der Waals surface area contributed by atoms with Gasteiger partial charge in [-0.25, -0.2) is 0 Å². The van der Waals surface area contributed by atoms with Crippen LogP contribution in [0.25, 0.3) is 0 Å². The summed E-state index contributed by atoms with van der Waals surface area (Å²) in [6, 6.07) is 4.00. The van der Waals surface area contributed by atoms with Gasteiger partial charge in [-0.1, -0.05) is 22.9 Å². The van der Waals surface area contributed by atoms with Crippen LogP contribution in [-0.2, 0) is 4.74 Å². The van der Waals surface area contributed by atoms with Gasteiger partial charge >= 0.3 is 0 Å². The Morgan fingerprint density at radius 3 is 2.29 bits per heavy atom. The van der Waals surface area contributed by atoms with Crippen LogP contribution in [0.1, 0.15) is 18.5 Å². The molecule has 0 amide bonds. The van der Waals surface area contributed by atoms with Crippen molar-refractivity contribution >= 4 is 15.9 Å². The Morgan fingerprint density at radius 2 is 1.81 bits per heavy atom. The van der Waals surface area contributed by atoms with Crippen molar-refractivity contribution in [1.29, 1.82) is 0 Å². The van der Waals surface area contributed by atoms with E-state index in [2.05, 4.69) is 27.8 Å². The second kappa shape index (κ2) is 9.25. The van der Waals surface area contributed by atoms with Crippen molar-refractivity contribution < 1.29 is 14.2 Å². The van der Waals surface area contributed by atoms with E-state index in [1.165, 1.54) is 0 Å². The van der Waals surface area contributed by atoms with Crippen LogP contribution in [-0.4, -0.2) is 52.5 Å². The molecule has 0 radical (unpaired) electrons. The summed E-state index contributed by atoms with van der Waals surface area (Å²) in [4.78, 5) is 2.29. The molecule has 0 saturated carbocycles. The molecule has 2 N–H and O–H groups in total. The number of rotatable bonds is 9. The molecule has 0 fully saturated rings. The van der Waals surface area contributed by atoms with Gasteiger partial charge in [0.15, 0.2) is 11.5 Å². The number of nitrogens with two attached hydrogens (primary N) is 1. The summed E-state index contributed by atoms with van der Waals surface area (Å²) >= 11 is 3.61. The van der Waals surface area contributed by atoms with Crippen LogP contribution in [0.2, 0.25) is 0 Å². The maximum absolute atomic E-state index is 6.01. The third kappa shape index (κ3) is 4.57. The molecular weight excluding hydrogens is 336 g/mol. The Hall–Kier alpha value is -0.820. The maximum Gasteiger partial charge on any atom is 0.161 e. The van der Waals surface area contributed by atoms with Crippen LogP contribution < -0.4 is 15.2 Å². The third-order valence-corrected chi connectivity index (χ3v) is 4.20. The van der Waals surface area contributed by atoms with Gasteiger partial charge in [0.2, 0.25) is 0 Å². The minimum Gasteiger partial charge on any atom is -0.493 e. The monoisotopic (exact) mass is 360 g/mol. The Morgan fingerprint density at radius 1 is 1.19 bits per heavy atom. The van der Waals surface area contributed by atoms with Gasteiger partial charge in [-0.2, -0.15) is 0 Å². The standard InChI is InChI=1S/C15H25BrN2O3/c1-5-18(6-7-19-2)13(10-17)11-8-14(20-3)15(21-4)9-12(11)16/h8-9,13H,5-7,10,17H2,1-4H3. The molecule has 120 valence electrons. The molecule has 0 aromatic heterocycles. The molecule has 0 heterocycles. The molecule has 0 aliphatic rings. The first-order chi connectivity index (χ1) is 10.1. The summed E-state index contributed by atoms with van der Waals surface area (Å²) in [6.07, 6.45) is 0. The lowest BCUT2D eigenvalue weighted by Crippen LogP contribution is -2.36. The number of benzene rings is 1. The summed E-state index contributed by atoms with van der Waals surface area (Å²) in [7, 11) is 4.97. The number of halogens is 1. The van der Waals surface area contributed by atoms with Crippen molar-refractivity contribution in [1.82, 2.24) is 4.90 Å². The van der Waals surface area contributed by atoms with Gasteiger partial charge in [-0.3, -0.25) is 4.90 Å². The first-order valence-electron chi connectivity index (χ1n) is 6.97. The van der Waals surface area contributed by atoms with Gasteiger partial charge in [0, 0.05) is 30.7 Å². The molecule has 5 nitrogen and oxygen atoms in total. The van der Waals surface area contributed by atoms with E-state index < -0.39 is 0 Å². The smallest absolute Gasteiger partial charge is 0.161 e. The minimum atomic E-state index is 0.0966. The van der Waals surface area contributed by atoms with E-state index in [1.807, 2.05) is 12.1 Å². The molecule has 0 aliphatic carbocycles. The van der Waals surface area contributed by atoms with E-state index in [0.717, 1.165) is 23.1 Å². The second-order valence-corrected chi connectivity index (χ2v) is 5.46. The Kier molecular flexibility index (Phi) is 8.03. The first-order valence-corrected chi connectivity index (χ1v) is 7.76. The van der Waals surface area contributed by atoms with E-state index in [1.54, 1.807) is 21.3 Å². The van der Waals surface area contributed by atoms with Gasteiger partial charge in [0.1, 0.15) is 0 Å². The molecule has 6 heteroatoms. The zero-order chi connectivity index (χ0) is 15.8. The zero-order valence-corrected chi connectivity index (χ0v) is 14.8. The number of ether oxygens (including phenoxy) is 3. The number of hydrogen-bond acceptors (Lipinski definition) is 5. The van der Waals surface area contributed by atoms with Gasteiger partial charge in [0.05, 0.1) is 20.8 Å². The van der Waals surface area contributed by atoms with Crippen molar-refractivity contribution in [3.8, 4) is 11.5 Å². The van der Waals surface area contributed by atoms with Crippen LogP contribution in [0.15, 0.2) is 16.6 Å². The van der Waals surface area contributed by atoms with Crippen LogP contribution >= 0.6 is 15.9 Å². The quantitative estimate of drug-likeness (QED) is 0.732. The Balaban J connectivity index is 3.14. The van der Waals surface area contributed by atoms with Crippen LogP contribution in [0, 0.1) is 0 Å². The Bertz CT molecular complexity index is 443. The lowest BCUT2D eigenvalue weighted by molar-refractivity contribution is 0.125. The number of hydrogen-bond donors (Lipinski definition) is 1. The highest BCUT2D eigenvalue weighted by atomic mass is 79.9. The molecular formula is C15H25BrN2O3.